The number of hydrogen-bond acceptors (Lipinski definition) is 4. The van der Waals surface area contributed by atoms with E-state index in [1.54, 1.807) is 11.2 Å². The number of carbonyl (C=O) groups excluding carboxylic acids is 1. The summed E-state index contributed by atoms with van der Waals surface area (Å²) in [5, 5.41) is 8.95. The van der Waals surface area contributed by atoms with Crippen molar-refractivity contribution in [3.05, 3.63) is 53.5 Å². The maximum atomic E-state index is 13.0. The van der Waals surface area contributed by atoms with Crippen LogP contribution in [0.2, 0.25) is 0 Å². The maximum absolute atomic E-state index is 13.0. The first-order valence-corrected chi connectivity index (χ1v) is 9.95. The molecule has 1 saturated heterocycles. The lowest BCUT2D eigenvalue weighted by Gasteiger charge is -2.31. The van der Waals surface area contributed by atoms with Crippen molar-refractivity contribution < 1.29 is 19.1 Å². The normalized spacial score (nSPS) is 19.7. The van der Waals surface area contributed by atoms with Crippen molar-refractivity contribution in [3.8, 4) is 0 Å². The molecule has 3 heterocycles. The fourth-order valence-electron chi connectivity index (χ4n) is 4.43. The molecule has 0 aliphatic carbocycles. The highest BCUT2D eigenvalue weighted by molar-refractivity contribution is 5.93. The molecule has 2 aliphatic rings. The molecule has 1 aromatic carbocycles. The molecule has 1 unspecified atom stereocenters. The van der Waals surface area contributed by atoms with Crippen molar-refractivity contribution in [1.29, 1.82) is 0 Å². The number of anilines is 1. The van der Waals surface area contributed by atoms with Gasteiger partial charge in [-0.15, -0.1) is 0 Å². The van der Waals surface area contributed by atoms with Crippen LogP contribution in [0, 0.1) is 5.92 Å². The summed E-state index contributed by atoms with van der Waals surface area (Å²) in [6, 6.07) is 10.7. The van der Waals surface area contributed by atoms with E-state index in [1.807, 2.05) is 12.1 Å². The number of carbonyl (C=O) groups is 2. The third-order valence-electron chi connectivity index (χ3n) is 6.00. The van der Waals surface area contributed by atoms with Gasteiger partial charge in [0.25, 0.3) is 5.91 Å². The topological polar surface area (TPSA) is 74.0 Å². The summed E-state index contributed by atoms with van der Waals surface area (Å²) < 4.78 is 5.59. The van der Waals surface area contributed by atoms with Crippen LogP contribution in [-0.2, 0) is 17.8 Å². The second kappa shape index (κ2) is 7.70. The number of benzene rings is 1. The number of para-hydroxylation sites is 1. The predicted molar refractivity (Wildman–Crippen MR) is 105 cm³/mol. The Bertz CT molecular complexity index is 867. The van der Waals surface area contributed by atoms with Gasteiger partial charge in [-0.3, -0.25) is 9.59 Å². The van der Waals surface area contributed by atoms with E-state index < -0.39 is 5.97 Å². The number of furan rings is 1. The molecule has 28 heavy (non-hydrogen) atoms. The van der Waals surface area contributed by atoms with Crippen molar-refractivity contribution in [2.45, 2.75) is 45.2 Å². The largest absolute Gasteiger partial charge is 0.481 e. The summed E-state index contributed by atoms with van der Waals surface area (Å²) in [6.45, 7) is 4.01. The van der Waals surface area contributed by atoms with E-state index in [4.69, 9.17) is 9.52 Å². The van der Waals surface area contributed by atoms with Crippen LogP contribution in [0.3, 0.4) is 0 Å². The van der Waals surface area contributed by atoms with Crippen molar-refractivity contribution in [3.63, 3.8) is 0 Å². The van der Waals surface area contributed by atoms with Crippen LogP contribution in [0.5, 0.6) is 0 Å². The minimum atomic E-state index is -0.766. The fraction of sp³-hybridized carbons (Fsp3) is 0.455. The molecule has 0 radical (unpaired) electrons. The summed E-state index contributed by atoms with van der Waals surface area (Å²) >= 11 is 0. The van der Waals surface area contributed by atoms with Crippen LogP contribution in [0.15, 0.2) is 41.0 Å². The van der Waals surface area contributed by atoms with Gasteiger partial charge < -0.3 is 19.3 Å². The predicted octanol–water partition coefficient (Wildman–Crippen LogP) is 3.56. The maximum Gasteiger partial charge on any atom is 0.303 e. The van der Waals surface area contributed by atoms with Crippen LogP contribution >= 0.6 is 0 Å². The second-order valence-electron chi connectivity index (χ2n) is 7.92. The third kappa shape index (κ3) is 3.63. The zero-order chi connectivity index (χ0) is 19.7. The van der Waals surface area contributed by atoms with E-state index in [-0.39, 0.29) is 18.2 Å². The van der Waals surface area contributed by atoms with Gasteiger partial charge in [-0.05, 0) is 49.8 Å². The third-order valence-corrected chi connectivity index (χ3v) is 6.00. The Kier molecular flexibility index (Phi) is 5.11. The number of likely N-dealkylation sites (tertiary alicyclic amines) is 1. The molecule has 0 bridgehead atoms. The van der Waals surface area contributed by atoms with Gasteiger partial charge >= 0.3 is 5.97 Å². The molecule has 2 aromatic rings. The van der Waals surface area contributed by atoms with Gasteiger partial charge in [0.15, 0.2) is 5.76 Å². The average molecular weight is 382 g/mol. The smallest absolute Gasteiger partial charge is 0.303 e. The van der Waals surface area contributed by atoms with Crippen LogP contribution in [0.4, 0.5) is 5.69 Å². The van der Waals surface area contributed by atoms with E-state index in [0.717, 1.165) is 24.8 Å². The van der Waals surface area contributed by atoms with Crippen molar-refractivity contribution >= 4 is 17.6 Å². The zero-order valence-electron chi connectivity index (χ0n) is 16.1. The number of aliphatic carboxylic acids is 1. The van der Waals surface area contributed by atoms with E-state index in [9.17, 15) is 9.59 Å². The van der Waals surface area contributed by atoms with E-state index >= 15 is 0 Å². The van der Waals surface area contributed by atoms with Crippen molar-refractivity contribution in [2.75, 3.05) is 18.0 Å². The number of amides is 1. The molecule has 1 fully saturated rings. The SMILES string of the molecule is CC1Cc2ccccc2N1Cc1ccoc1C(=O)N1CCC(CC(=O)O)CC1. The van der Waals surface area contributed by atoms with E-state index in [1.165, 1.54) is 11.3 Å². The van der Waals surface area contributed by atoms with Crippen LogP contribution in [0.25, 0.3) is 0 Å². The van der Waals surface area contributed by atoms with Gasteiger partial charge in [-0.25, -0.2) is 0 Å². The highest BCUT2D eigenvalue weighted by atomic mass is 16.4. The summed E-state index contributed by atoms with van der Waals surface area (Å²) in [5.74, 6) is -0.292. The van der Waals surface area contributed by atoms with Gasteiger partial charge in [-0.1, -0.05) is 18.2 Å². The minimum absolute atomic E-state index is 0.0890. The zero-order valence-corrected chi connectivity index (χ0v) is 16.1. The summed E-state index contributed by atoms with van der Waals surface area (Å²) in [4.78, 5) is 28.0. The van der Waals surface area contributed by atoms with Gasteiger partial charge in [-0.2, -0.15) is 0 Å². The van der Waals surface area contributed by atoms with Crippen molar-refractivity contribution in [1.82, 2.24) is 4.90 Å². The Morgan fingerprint density at radius 3 is 2.68 bits per heavy atom. The van der Waals surface area contributed by atoms with E-state index in [0.29, 0.717) is 31.4 Å². The second-order valence-corrected chi connectivity index (χ2v) is 7.92. The first-order chi connectivity index (χ1) is 13.5. The number of fused-ring (bicyclic) bond motifs is 1. The molecule has 6 nitrogen and oxygen atoms in total. The quantitative estimate of drug-likeness (QED) is 0.856. The Hall–Kier alpha value is -2.76. The van der Waals surface area contributed by atoms with Gasteiger partial charge in [0.05, 0.1) is 6.26 Å². The highest BCUT2D eigenvalue weighted by Gasteiger charge is 2.30. The lowest BCUT2D eigenvalue weighted by Crippen LogP contribution is -2.39. The number of carboxylic acid groups (broad SMARTS) is 1. The average Bonchev–Trinajstić information content (AvgIpc) is 3.26. The van der Waals surface area contributed by atoms with Crippen LogP contribution in [0.1, 0.15) is 47.9 Å². The lowest BCUT2D eigenvalue weighted by atomic mass is 9.93. The molecule has 1 N–H and O–H groups in total. The minimum Gasteiger partial charge on any atom is -0.481 e. The Balaban J connectivity index is 1.45. The number of hydrogen-bond donors (Lipinski definition) is 1. The van der Waals surface area contributed by atoms with Crippen molar-refractivity contribution in [2.24, 2.45) is 5.92 Å². The highest BCUT2D eigenvalue weighted by Crippen LogP contribution is 2.34. The number of rotatable bonds is 5. The molecule has 1 amide bonds. The summed E-state index contributed by atoms with van der Waals surface area (Å²) in [7, 11) is 0. The molecule has 6 heteroatoms. The standard InChI is InChI=1S/C22H26N2O4/c1-15-12-17-4-2-3-5-19(17)24(15)14-18-8-11-28-21(18)22(27)23-9-6-16(7-10-23)13-20(25)26/h2-5,8,11,15-16H,6-7,9-10,12-14H2,1H3,(H,25,26). The molecular weight excluding hydrogens is 356 g/mol. The summed E-state index contributed by atoms with van der Waals surface area (Å²) in [5.41, 5.74) is 3.47. The lowest BCUT2D eigenvalue weighted by molar-refractivity contribution is -0.138. The van der Waals surface area contributed by atoms with Crippen LogP contribution in [-0.4, -0.2) is 41.0 Å². The fourth-order valence-corrected chi connectivity index (χ4v) is 4.43. The van der Waals surface area contributed by atoms with Crippen LogP contribution < -0.4 is 4.90 Å². The molecule has 4 rings (SSSR count). The first kappa shape index (κ1) is 18.6. The molecular formula is C22H26N2O4. The first-order valence-electron chi connectivity index (χ1n) is 9.95. The number of carboxylic acids is 1. The Labute approximate surface area is 164 Å². The monoisotopic (exact) mass is 382 g/mol. The molecule has 1 atom stereocenters. The Morgan fingerprint density at radius 2 is 1.93 bits per heavy atom. The van der Waals surface area contributed by atoms with Gasteiger partial charge in [0, 0.05) is 43.3 Å². The van der Waals surface area contributed by atoms with E-state index in [2.05, 4.69) is 30.0 Å². The van der Waals surface area contributed by atoms with Gasteiger partial charge in [0.2, 0.25) is 0 Å². The molecule has 0 spiro atoms. The summed E-state index contributed by atoms with van der Waals surface area (Å²) in [6.07, 6.45) is 4.23. The number of nitrogens with zero attached hydrogens (tertiary/aromatic N) is 2. The Morgan fingerprint density at radius 1 is 1.18 bits per heavy atom. The molecule has 0 saturated carbocycles. The molecule has 1 aromatic heterocycles. The molecule has 148 valence electrons. The number of piperidine rings is 1. The molecule has 2 aliphatic heterocycles. The van der Waals surface area contributed by atoms with Gasteiger partial charge in [0.1, 0.15) is 0 Å².